The average Bonchev–Trinajstić information content (AvgIpc) is 3.16. The monoisotopic (exact) mass is 449 g/mol. The third kappa shape index (κ3) is 3.76. The first-order chi connectivity index (χ1) is 14.1. The van der Waals surface area contributed by atoms with Crippen LogP contribution < -0.4 is 5.32 Å². The SMILES string of the molecule is CNC(=O)[N+]1(S(=O)(=O)N(C)C(C)C)CC(c2ccccc2)C(c2ccc(Cl)cc2)=N1. The molecule has 2 aromatic rings. The van der Waals surface area contributed by atoms with Gasteiger partial charge in [-0.25, -0.2) is 4.79 Å². The Morgan fingerprint density at radius 2 is 1.77 bits per heavy atom. The summed E-state index contributed by atoms with van der Waals surface area (Å²) >= 11 is 6.04. The minimum atomic E-state index is -4.16. The van der Waals surface area contributed by atoms with E-state index >= 15 is 0 Å². The number of nitrogens with one attached hydrogen (secondary N) is 1. The Morgan fingerprint density at radius 1 is 1.17 bits per heavy atom. The zero-order valence-corrected chi connectivity index (χ0v) is 19.0. The molecule has 0 bridgehead atoms. The van der Waals surface area contributed by atoms with E-state index in [1.54, 1.807) is 38.1 Å². The molecule has 160 valence electrons. The number of amides is 2. The van der Waals surface area contributed by atoms with Crippen molar-refractivity contribution in [3.63, 3.8) is 0 Å². The Bertz CT molecular complexity index is 1060. The van der Waals surface area contributed by atoms with Crippen molar-refractivity contribution in [3.8, 4) is 0 Å². The van der Waals surface area contributed by atoms with Crippen molar-refractivity contribution in [3.05, 3.63) is 70.7 Å². The van der Waals surface area contributed by atoms with E-state index in [1.165, 1.54) is 18.4 Å². The number of benzene rings is 2. The number of halogens is 1. The number of hydrogen-bond donors (Lipinski definition) is 1. The van der Waals surface area contributed by atoms with Crippen molar-refractivity contribution in [1.82, 2.24) is 9.62 Å². The Kier molecular flexibility index (Phi) is 6.33. The molecule has 2 atom stereocenters. The highest BCUT2D eigenvalue weighted by Crippen LogP contribution is 2.38. The van der Waals surface area contributed by atoms with Crippen LogP contribution in [0.3, 0.4) is 0 Å². The molecule has 0 aliphatic carbocycles. The second-order valence-corrected chi connectivity index (χ2v) is 9.99. The smallest absolute Gasteiger partial charge is 0.305 e. The van der Waals surface area contributed by atoms with E-state index < -0.39 is 20.2 Å². The zero-order chi connectivity index (χ0) is 22.1. The number of carbonyl (C=O) groups excluding carboxylic acids is 1. The molecule has 2 unspecified atom stereocenters. The standard InChI is InChI=1S/C21H25ClN4O3S/c1-15(2)25(4)30(28,29)26(21(27)23-3)14-19(16-8-6-5-7-9-16)20(24-26)17-10-12-18(22)13-11-17/h5-13,15,19H,14H2,1-4H3/p+1. The number of hydrogen-bond acceptors (Lipinski definition) is 4. The highest BCUT2D eigenvalue weighted by molar-refractivity contribution is 7.83. The second-order valence-electron chi connectivity index (χ2n) is 7.48. The average molecular weight is 450 g/mol. The Morgan fingerprint density at radius 3 is 2.30 bits per heavy atom. The van der Waals surface area contributed by atoms with Gasteiger partial charge in [-0.2, -0.15) is 12.7 Å². The molecule has 1 aliphatic rings. The first kappa shape index (κ1) is 22.4. The van der Waals surface area contributed by atoms with Crippen molar-refractivity contribution in [2.45, 2.75) is 25.8 Å². The van der Waals surface area contributed by atoms with Crippen molar-refractivity contribution < 1.29 is 17.2 Å². The lowest BCUT2D eigenvalue weighted by molar-refractivity contribution is -0.725. The molecular formula is C21H26ClN4O3S+. The van der Waals surface area contributed by atoms with Gasteiger partial charge >= 0.3 is 16.2 Å². The van der Waals surface area contributed by atoms with E-state index in [1.807, 2.05) is 30.3 Å². The number of carbonyl (C=O) groups is 1. The van der Waals surface area contributed by atoms with Gasteiger partial charge in [0.2, 0.25) is 0 Å². The maximum absolute atomic E-state index is 13.6. The molecule has 0 fully saturated rings. The van der Waals surface area contributed by atoms with Crippen LogP contribution in [0, 0.1) is 0 Å². The number of rotatable bonds is 5. The van der Waals surface area contributed by atoms with Crippen LogP contribution in [0.1, 0.15) is 30.9 Å². The van der Waals surface area contributed by atoms with Gasteiger partial charge in [0.25, 0.3) is 0 Å². The van der Waals surface area contributed by atoms with Crippen LogP contribution in [0.2, 0.25) is 5.02 Å². The molecule has 7 nitrogen and oxygen atoms in total. The number of urea groups is 1. The van der Waals surface area contributed by atoms with E-state index in [4.69, 9.17) is 11.6 Å². The fourth-order valence-corrected chi connectivity index (χ4v) is 5.39. The number of quaternary nitrogens is 1. The van der Waals surface area contributed by atoms with Crippen LogP contribution in [0.25, 0.3) is 0 Å². The summed E-state index contributed by atoms with van der Waals surface area (Å²) in [7, 11) is -1.27. The summed E-state index contributed by atoms with van der Waals surface area (Å²) in [5.74, 6) is -0.389. The Hall–Kier alpha value is -2.26. The van der Waals surface area contributed by atoms with Gasteiger partial charge in [-0.15, -0.1) is 0 Å². The van der Waals surface area contributed by atoms with Gasteiger partial charge in [0, 0.05) is 34.7 Å². The van der Waals surface area contributed by atoms with Gasteiger partial charge < -0.3 is 5.32 Å². The van der Waals surface area contributed by atoms with Crippen molar-refractivity contribution >= 4 is 33.6 Å². The molecule has 2 aromatic carbocycles. The van der Waals surface area contributed by atoms with Gasteiger partial charge in [-0.3, -0.25) is 0 Å². The molecule has 3 rings (SSSR count). The minimum Gasteiger partial charge on any atom is -0.305 e. The summed E-state index contributed by atoms with van der Waals surface area (Å²) in [6.07, 6.45) is 0. The topological polar surface area (TPSA) is 78.8 Å². The molecule has 1 heterocycles. The summed E-state index contributed by atoms with van der Waals surface area (Å²) in [6, 6.07) is 15.5. The van der Waals surface area contributed by atoms with Gasteiger partial charge in [-0.1, -0.05) is 59.2 Å². The van der Waals surface area contributed by atoms with E-state index in [-0.39, 0.29) is 18.5 Å². The third-order valence-electron chi connectivity index (χ3n) is 5.38. The van der Waals surface area contributed by atoms with Crippen LogP contribution >= 0.6 is 11.6 Å². The summed E-state index contributed by atoms with van der Waals surface area (Å²) in [4.78, 5) is 13.0. The molecule has 1 N–H and O–H groups in total. The second kappa shape index (κ2) is 8.47. The highest BCUT2D eigenvalue weighted by Gasteiger charge is 2.59. The van der Waals surface area contributed by atoms with Crippen LogP contribution in [-0.2, 0) is 10.2 Å². The highest BCUT2D eigenvalue weighted by atomic mass is 35.5. The molecule has 30 heavy (non-hydrogen) atoms. The van der Waals surface area contributed by atoms with Crippen molar-refractivity contribution in [1.29, 1.82) is 0 Å². The fraction of sp³-hybridized carbons (Fsp3) is 0.333. The lowest BCUT2D eigenvalue weighted by Crippen LogP contribution is -2.60. The first-order valence-corrected chi connectivity index (χ1v) is 11.4. The van der Waals surface area contributed by atoms with Crippen LogP contribution in [-0.4, -0.2) is 55.1 Å². The molecule has 0 aromatic heterocycles. The van der Waals surface area contributed by atoms with Crippen LogP contribution in [0.4, 0.5) is 4.79 Å². The summed E-state index contributed by atoms with van der Waals surface area (Å²) in [5.41, 5.74) is 2.14. The number of nitrogens with zero attached hydrogens (tertiary/aromatic N) is 3. The molecule has 9 heteroatoms. The molecule has 2 amide bonds. The zero-order valence-electron chi connectivity index (χ0n) is 17.4. The van der Waals surface area contributed by atoms with Gasteiger partial charge in [0.15, 0.2) is 0 Å². The molecule has 0 spiro atoms. The normalized spacial score (nSPS) is 21.7. The van der Waals surface area contributed by atoms with E-state index in [9.17, 15) is 13.2 Å². The van der Waals surface area contributed by atoms with Gasteiger partial charge in [0.05, 0.1) is 5.92 Å². The molecule has 0 saturated carbocycles. The van der Waals surface area contributed by atoms with E-state index in [2.05, 4.69) is 10.4 Å². The molecule has 0 saturated heterocycles. The van der Waals surface area contributed by atoms with Gasteiger partial charge in [0.1, 0.15) is 12.3 Å². The molecular weight excluding hydrogens is 424 g/mol. The maximum atomic E-state index is 13.6. The van der Waals surface area contributed by atoms with E-state index in [0.717, 1.165) is 11.1 Å². The van der Waals surface area contributed by atoms with Crippen LogP contribution in [0.15, 0.2) is 59.7 Å². The predicted molar refractivity (Wildman–Crippen MR) is 119 cm³/mol. The van der Waals surface area contributed by atoms with Crippen molar-refractivity contribution in [2.24, 2.45) is 5.10 Å². The van der Waals surface area contributed by atoms with Gasteiger partial charge in [-0.05, 0) is 31.5 Å². The van der Waals surface area contributed by atoms with E-state index in [0.29, 0.717) is 10.7 Å². The van der Waals surface area contributed by atoms with Crippen LogP contribution in [0.5, 0.6) is 0 Å². The molecule has 1 aliphatic heterocycles. The lowest BCUT2D eigenvalue weighted by Gasteiger charge is -2.30. The summed E-state index contributed by atoms with van der Waals surface area (Å²) in [5, 5.41) is 7.66. The largest absolute Gasteiger partial charge is 0.459 e. The quantitative estimate of drug-likeness (QED) is 0.708. The summed E-state index contributed by atoms with van der Waals surface area (Å²) < 4.78 is 27.3. The third-order valence-corrected chi connectivity index (χ3v) is 7.94. The maximum Gasteiger partial charge on any atom is 0.459 e. The Balaban J connectivity index is 2.26. The molecule has 0 radical (unpaired) electrons. The summed E-state index contributed by atoms with van der Waals surface area (Å²) in [6.45, 7) is 3.47. The minimum absolute atomic E-state index is 0.0406. The fourth-order valence-electron chi connectivity index (χ4n) is 3.48. The van der Waals surface area contributed by atoms with Crippen molar-refractivity contribution in [2.75, 3.05) is 20.6 Å². The first-order valence-electron chi connectivity index (χ1n) is 9.63. The Labute approximate surface area is 182 Å². The lowest BCUT2D eigenvalue weighted by atomic mass is 9.91. The predicted octanol–water partition coefficient (Wildman–Crippen LogP) is 3.58.